The monoisotopic (exact) mass is 410 g/mol. The van der Waals surface area contributed by atoms with Crippen LogP contribution in [0, 0.1) is 31.8 Å². The number of alkyl carbamates (subject to hydrolysis) is 1. The van der Waals surface area contributed by atoms with Gasteiger partial charge in [0.2, 0.25) is 0 Å². The lowest BCUT2D eigenvalue weighted by atomic mass is 9.34. The number of rotatable bonds is 7. The molecule has 4 fully saturated rings. The molecule has 3 atom stereocenters. The Balaban J connectivity index is 1.77. The van der Waals surface area contributed by atoms with Crippen molar-refractivity contribution in [1.82, 2.24) is 5.32 Å². The van der Waals surface area contributed by atoms with Gasteiger partial charge in [-0.05, 0) is 93.8 Å². The van der Waals surface area contributed by atoms with Gasteiger partial charge in [0.1, 0.15) is 11.7 Å². The highest BCUT2D eigenvalue weighted by molar-refractivity contribution is 5.67. The standard InChI is InChI=1S/C22H38N2O5/c1-7-16(29-24(26)27)22-13-19(5)10-20(6,14-22)12-21(11-19,15-22)8-9-23-17(25)28-18(2,3)4/h16H,7-15H2,1-6H3,(H,23,25). The van der Waals surface area contributed by atoms with Gasteiger partial charge in [0.25, 0.3) is 5.09 Å². The second kappa shape index (κ2) is 7.02. The number of nitrogens with zero attached hydrogens (tertiary/aromatic N) is 1. The first-order valence-corrected chi connectivity index (χ1v) is 11.0. The molecule has 0 aliphatic heterocycles. The summed E-state index contributed by atoms with van der Waals surface area (Å²) in [6.07, 6.45) is 7.20. The molecule has 0 heterocycles. The molecule has 3 unspecified atom stereocenters. The highest BCUT2D eigenvalue weighted by Gasteiger charge is 2.67. The van der Waals surface area contributed by atoms with E-state index in [4.69, 9.17) is 9.57 Å². The summed E-state index contributed by atoms with van der Waals surface area (Å²) in [5.41, 5.74) is -0.192. The number of hydrogen-bond donors (Lipinski definition) is 1. The van der Waals surface area contributed by atoms with Gasteiger partial charge in [-0.2, -0.15) is 0 Å². The molecule has 29 heavy (non-hydrogen) atoms. The van der Waals surface area contributed by atoms with Crippen molar-refractivity contribution >= 4 is 6.09 Å². The van der Waals surface area contributed by atoms with E-state index in [1.54, 1.807) is 0 Å². The Hall–Kier alpha value is -1.53. The van der Waals surface area contributed by atoms with Crippen LogP contribution < -0.4 is 5.32 Å². The van der Waals surface area contributed by atoms with E-state index in [2.05, 4.69) is 19.2 Å². The lowest BCUT2D eigenvalue weighted by molar-refractivity contribution is -0.774. The average Bonchev–Trinajstić information content (AvgIpc) is 2.46. The van der Waals surface area contributed by atoms with Crippen LogP contribution in [0.5, 0.6) is 0 Å². The third-order valence-corrected chi connectivity index (χ3v) is 7.33. The van der Waals surface area contributed by atoms with Crippen molar-refractivity contribution in [2.45, 2.75) is 105 Å². The lowest BCUT2D eigenvalue weighted by Gasteiger charge is -2.71. The maximum atomic E-state index is 12.1. The third-order valence-electron chi connectivity index (χ3n) is 7.33. The molecule has 4 bridgehead atoms. The van der Waals surface area contributed by atoms with Crippen LogP contribution in [0.15, 0.2) is 0 Å². The van der Waals surface area contributed by atoms with Gasteiger partial charge in [-0.15, -0.1) is 10.1 Å². The zero-order chi connectivity index (χ0) is 21.7. The molecule has 4 rings (SSSR count). The summed E-state index contributed by atoms with van der Waals surface area (Å²) in [5.74, 6) is 0. The van der Waals surface area contributed by atoms with Crippen LogP contribution in [-0.4, -0.2) is 29.4 Å². The molecular formula is C22H38N2O5. The molecule has 7 nitrogen and oxygen atoms in total. The lowest BCUT2D eigenvalue weighted by Crippen LogP contribution is -2.63. The van der Waals surface area contributed by atoms with E-state index < -0.39 is 10.7 Å². The highest BCUT2D eigenvalue weighted by Crippen LogP contribution is 2.75. The van der Waals surface area contributed by atoms with Gasteiger partial charge in [-0.3, -0.25) is 0 Å². The molecule has 166 valence electrons. The summed E-state index contributed by atoms with van der Waals surface area (Å²) < 4.78 is 5.37. The fourth-order valence-electron chi connectivity index (χ4n) is 8.11. The third kappa shape index (κ3) is 4.64. The van der Waals surface area contributed by atoms with Crippen LogP contribution in [0.4, 0.5) is 4.79 Å². The fraction of sp³-hybridized carbons (Fsp3) is 0.955. The Labute approximate surface area is 174 Å². The maximum Gasteiger partial charge on any atom is 0.407 e. The van der Waals surface area contributed by atoms with Crippen LogP contribution >= 0.6 is 0 Å². The van der Waals surface area contributed by atoms with E-state index in [1.807, 2.05) is 27.7 Å². The number of amides is 1. The Bertz CT molecular complexity index is 653. The molecule has 4 aliphatic rings. The molecule has 7 heteroatoms. The Morgan fingerprint density at radius 1 is 1.10 bits per heavy atom. The molecule has 1 N–H and O–H groups in total. The van der Waals surface area contributed by atoms with Gasteiger partial charge in [-0.25, -0.2) is 4.79 Å². The van der Waals surface area contributed by atoms with Crippen LogP contribution in [0.2, 0.25) is 0 Å². The molecule has 0 saturated heterocycles. The molecule has 0 aromatic carbocycles. The Morgan fingerprint density at radius 2 is 1.69 bits per heavy atom. The second-order valence-electron chi connectivity index (χ2n) is 11.9. The largest absolute Gasteiger partial charge is 0.444 e. The maximum absolute atomic E-state index is 12.1. The molecular weight excluding hydrogens is 372 g/mol. The zero-order valence-electron chi connectivity index (χ0n) is 18.9. The quantitative estimate of drug-likeness (QED) is 0.457. The topological polar surface area (TPSA) is 90.7 Å². The van der Waals surface area contributed by atoms with E-state index in [0.717, 1.165) is 38.5 Å². The summed E-state index contributed by atoms with van der Waals surface area (Å²) >= 11 is 0. The number of carbonyl (C=O) groups is 1. The first-order chi connectivity index (χ1) is 13.2. The Morgan fingerprint density at radius 3 is 2.17 bits per heavy atom. The number of ether oxygens (including phenoxy) is 1. The van der Waals surface area contributed by atoms with E-state index >= 15 is 0 Å². The van der Waals surface area contributed by atoms with E-state index in [1.165, 1.54) is 6.42 Å². The average molecular weight is 411 g/mol. The summed E-state index contributed by atoms with van der Waals surface area (Å²) in [7, 11) is 0. The van der Waals surface area contributed by atoms with Gasteiger partial charge in [0.15, 0.2) is 0 Å². The summed E-state index contributed by atoms with van der Waals surface area (Å²) in [6, 6.07) is 0. The Kier molecular flexibility index (Phi) is 5.36. The number of hydrogen-bond acceptors (Lipinski definition) is 5. The second-order valence-corrected chi connectivity index (χ2v) is 11.9. The first kappa shape index (κ1) is 22.2. The van der Waals surface area contributed by atoms with Crippen LogP contribution in [0.1, 0.15) is 92.9 Å². The van der Waals surface area contributed by atoms with E-state index in [-0.39, 0.29) is 33.9 Å². The van der Waals surface area contributed by atoms with E-state index in [0.29, 0.717) is 13.0 Å². The fourth-order valence-corrected chi connectivity index (χ4v) is 8.11. The van der Waals surface area contributed by atoms with Crippen molar-refractivity contribution in [3.8, 4) is 0 Å². The first-order valence-electron chi connectivity index (χ1n) is 11.0. The predicted octanol–water partition coefficient (Wildman–Crippen LogP) is 5.25. The van der Waals surface area contributed by atoms with Gasteiger partial charge < -0.3 is 14.9 Å². The van der Waals surface area contributed by atoms with Crippen LogP contribution in [0.3, 0.4) is 0 Å². The van der Waals surface area contributed by atoms with Gasteiger partial charge in [0, 0.05) is 6.54 Å². The molecule has 4 aliphatic carbocycles. The van der Waals surface area contributed by atoms with Gasteiger partial charge in [0.05, 0.1) is 0 Å². The van der Waals surface area contributed by atoms with Crippen molar-refractivity contribution in [1.29, 1.82) is 0 Å². The molecule has 0 spiro atoms. The van der Waals surface area contributed by atoms with Crippen LogP contribution in [0.25, 0.3) is 0 Å². The minimum absolute atomic E-state index is 0.0979. The summed E-state index contributed by atoms with van der Waals surface area (Å²) in [4.78, 5) is 28.5. The molecule has 0 aromatic rings. The minimum atomic E-state index is -0.603. The van der Waals surface area contributed by atoms with Crippen molar-refractivity contribution in [2.75, 3.05) is 6.54 Å². The number of carbonyl (C=O) groups excluding carboxylic acids is 1. The zero-order valence-corrected chi connectivity index (χ0v) is 18.9. The van der Waals surface area contributed by atoms with Crippen LogP contribution in [-0.2, 0) is 9.57 Å². The molecule has 0 radical (unpaired) electrons. The smallest absolute Gasteiger partial charge is 0.407 e. The van der Waals surface area contributed by atoms with Crippen molar-refractivity contribution < 1.29 is 19.5 Å². The molecule has 0 aromatic heterocycles. The number of nitrogens with one attached hydrogen (secondary N) is 1. The van der Waals surface area contributed by atoms with Gasteiger partial charge >= 0.3 is 6.09 Å². The van der Waals surface area contributed by atoms with E-state index in [9.17, 15) is 14.9 Å². The summed E-state index contributed by atoms with van der Waals surface area (Å²) in [5, 5.41) is 13.5. The van der Waals surface area contributed by atoms with Crippen molar-refractivity contribution in [2.24, 2.45) is 21.7 Å². The SMILES string of the molecule is CCC(O[N+](=O)[O-])C12CC3(C)CC(C)(CC(CCNC(=O)OC(C)(C)C)(C3)C1)C2. The van der Waals surface area contributed by atoms with Crippen molar-refractivity contribution in [3.63, 3.8) is 0 Å². The molecule has 1 amide bonds. The van der Waals surface area contributed by atoms with Crippen molar-refractivity contribution in [3.05, 3.63) is 10.1 Å². The van der Waals surface area contributed by atoms with Gasteiger partial charge in [-0.1, -0.05) is 20.8 Å². The highest BCUT2D eigenvalue weighted by atomic mass is 17.0. The normalized spacial score (nSPS) is 39.1. The minimum Gasteiger partial charge on any atom is -0.444 e. The molecule has 4 saturated carbocycles. The summed E-state index contributed by atoms with van der Waals surface area (Å²) in [6.45, 7) is 12.9. The predicted molar refractivity (Wildman–Crippen MR) is 110 cm³/mol.